The van der Waals surface area contributed by atoms with Crippen LogP contribution in [0.1, 0.15) is 23.7 Å². The first-order valence-corrected chi connectivity index (χ1v) is 7.07. The first-order valence-electron chi connectivity index (χ1n) is 7.07. The molecule has 0 saturated heterocycles. The van der Waals surface area contributed by atoms with Gasteiger partial charge in [-0.25, -0.2) is 0 Å². The van der Waals surface area contributed by atoms with Gasteiger partial charge in [-0.1, -0.05) is 6.07 Å². The second-order valence-electron chi connectivity index (χ2n) is 4.47. The van der Waals surface area contributed by atoms with Crippen LogP contribution in [-0.2, 0) is 9.53 Å². The number of nitrogens with one attached hydrogen (secondary N) is 3. The summed E-state index contributed by atoms with van der Waals surface area (Å²) in [7, 11) is 1.70. The summed E-state index contributed by atoms with van der Waals surface area (Å²) in [5, 5.41) is 8.31. The van der Waals surface area contributed by atoms with Crippen molar-refractivity contribution in [2.24, 2.45) is 0 Å². The molecule has 0 aliphatic carbocycles. The van der Waals surface area contributed by atoms with Gasteiger partial charge in [-0.2, -0.15) is 0 Å². The summed E-state index contributed by atoms with van der Waals surface area (Å²) in [5.41, 5.74) is 1.13. The zero-order valence-corrected chi connectivity index (χ0v) is 12.6. The maximum Gasteiger partial charge on any atom is 0.251 e. The Labute approximate surface area is 125 Å². The third-order valence-corrected chi connectivity index (χ3v) is 2.70. The Morgan fingerprint density at radius 1 is 1.29 bits per heavy atom. The molecule has 0 spiro atoms. The van der Waals surface area contributed by atoms with Crippen LogP contribution >= 0.6 is 0 Å². The van der Waals surface area contributed by atoms with E-state index in [9.17, 15) is 9.59 Å². The minimum atomic E-state index is -0.156. The summed E-state index contributed by atoms with van der Waals surface area (Å²) in [4.78, 5) is 23.4. The van der Waals surface area contributed by atoms with Crippen LogP contribution in [0.4, 0.5) is 5.69 Å². The molecule has 1 rings (SSSR count). The summed E-state index contributed by atoms with van der Waals surface area (Å²) >= 11 is 0. The van der Waals surface area contributed by atoms with E-state index in [2.05, 4.69) is 16.0 Å². The SMILES string of the molecule is CCOCCCNC(=O)c1cccc(NC(=O)CNC)c1. The summed E-state index contributed by atoms with van der Waals surface area (Å²) in [6, 6.07) is 6.86. The van der Waals surface area contributed by atoms with Crippen LogP contribution in [0.15, 0.2) is 24.3 Å². The van der Waals surface area contributed by atoms with Crippen molar-refractivity contribution in [1.82, 2.24) is 10.6 Å². The second kappa shape index (κ2) is 9.90. The molecule has 2 amide bonds. The van der Waals surface area contributed by atoms with Gasteiger partial charge < -0.3 is 20.7 Å². The molecule has 0 saturated carbocycles. The minimum Gasteiger partial charge on any atom is -0.382 e. The number of carbonyl (C=O) groups is 2. The molecule has 0 fully saturated rings. The molecule has 3 N–H and O–H groups in total. The fraction of sp³-hybridized carbons (Fsp3) is 0.467. The lowest BCUT2D eigenvalue weighted by Crippen LogP contribution is -2.26. The third-order valence-electron chi connectivity index (χ3n) is 2.70. The van der Waals surface area contributed by atoms with Crippen LogP contribution in [0.25, 0.3) is 0 Å². The standard InChI is InChI=1S/C15H23N3O3/c1-3-21-9-5-8-17-15(20)12-6-4-7-13(10-12)18-14(19)11-16-2/h4,6-7,10,16H,3,5,8-9,11H2,1-2H3,(H,17,20)(H,18,19). The van der Waals surface area contributed by atoms with E-state index < -0.39 is 0 Å². The van der Waals surface area contributed by atoms with E-state index in [0.29, 0.717) is 31.0 Å². The molecule has 1 aromatic rings. The molecule has 0 atom stereocenters. The molecular formula is C15H23N3O3. The number of amides is 2. The van der Waals surface area contributed by atoms with E-state index in [4.69, 9.17) is 4.74 Å². The summed E-state index contributed by atoms with van der Waals surface area (Å²) in [6.07, 6.45) is 0.776. The van der Waals surface area contributed by atoms with Crippen molar-refractivity contribution >= 4 is 17.5 Å². The molecule has 0 radical (unpaired) electrons. The highest BCUT2D eigenvalue weighted by molar-refractivity contribution is 5.97. The Balaban J connectivity index is 2.47. The fourth-order valence-corrected chi connectivity index (χ4v) is 1.73. The third kappa shape index (κ3) is 6.87. The molecule has 0 bridgehead atoms. The summed E-state index contributed by atoms with van der Waals surface area (Å²) in [6.45, 7) is 4.05. The maximum atomic E-state index is 12.0. The first-order chi connectivity index (χ1) is 10.2. The second-order valence-corrected chi connectivity index (χ2v) is 4.47. The minimum absolute atomic E-state index is 0.147. The number of hydrogen-bond acceptors (Lipinski definition) is 4. The van der Waals surface area contributed by atoms with Crippen molar-refractivity contribution < 1.29 is 14.3 Å². The van der Waals surface area contributed by atoms with Crippen molar-refractivity contribution in [1.29, 1.82) is 0 Å². The number of ether oxygens (including phenoxy) is 1. The molecule has 21 heavy (non-hydrogen) atoms. The van der Waals surface area contributed by atoms with Crippen molar-refractivity contribution in [3.63, 3.8) is 0 Å². The van der Waals surface area contributed by atoms with Crippen molar-refractivity contribution in [3.05, 3.63) is 29.8 Å². The number of anilines is 1. The summed E-state index contributed by atoms with van der Waals surface area (Å²) < 4.78 is 5.20. The molecule has 6 heteroatoms. The lowest BCUT2D eigenvalue weighted by atomic mass is 10.2. The average molecular weight is 293 g/mol. The highest BCUT2D eigenvalue weighted by Crippen LogP contribution is 2.10. The van der Waals surface area contributed by atoms with Crippen LogP contribution < -0.4 is 16.0 Å². The van der Waals surface area contributed by atoms with Gasteiger partial charge in [-0.05, 0) is 38.6 Å². The monoisotopic (exact) mass is 293 g/mol. The van der Waals surface area contributed by atoms with Crippen molar-refractivity contribution in [3.8, 4) is 0 Å². The van der Waals surface area contributed by atoms with Gasteiger partial charge in [0.05, 0.1) is 6.54 Å². The largest absolute Gasteiger partial charge is 0.382 e. The van der Waals surface area contributed by atoms with Crippen LogP contribution in [0.3, 0.4) is 0 Å². The highest BCUT2D eigenvalue weighted by Gasteiger charge is 2.07. The van der Waals surface area contributed by atoms with E-state index in [-0.39, 0.29) is 18.4 Å². The van der Waals surface area contributed by atoms with E-state index in [1.165, 1.54) is 0 Å². The normalized spacial score (nSPS) is 10.2. The predicted octanol–water partition coefficient (Wildman–Crippen LogP) is 1.00. The van der Waals surface area contributed by atoms with Gasteiger partial charge in [-0.15, -0.1) is 0 Å². The van der Waals surface area contributed by atoms with E-state index in [1.807, 2.05) is 6.92 Å². The Bertz CT molecular complexity index is 463. The average Bonchev–Trinajstić information content (AvgIpc) is 2.47. The number of likely N-dealkylation sites (N-methyl/N-ethyl adjacent to an activating group) is 1. The van der Waals surface area contributed by atoms with Crippen LogP contribution in [0, 0.1) is 0 Å². The van der Waals surface area contributed by atoms with Crippen LogP contribution in [-0.4, -0.2) is 45.2 Å². The molecule has 1 aromatic carbocycles. The molecule has 116 valence electrons. The quantitative estimate of drug-likeness (QED) is 0.594. The lowest BCUT2D eigenvalue weighted by Gasteiger charge is -2.08. The van der Waals surface area contributed by atoms with Gasteiger partial charge in [0.2, 0.25) is 5.91 Å². The summed E-state index contributed by atoms with van der Waals surface area (Å²) in [5.74, 6) is -0.303. The van der Waals surface area contributed by atoms with Gasteiger partial charge in [0.15, 0.2) is 0 Å². The fourth-order valence-electron chi connectivity index (χ4n) is 1.73. The zero-order valence-electron chi connectivity index (χ0n) is 12.6. The molecule has 0 unspecified atom stereocenters. The Hall–Kier alpha value is -1.92. The van der Waals surface area contributed by atoms with E-state index in [1.54, 1.807) is 31.3 Å². The number of rotatable bonds is 9. The first kappa shape index (κ1) is 17.1. The van der Waals surface area contributed by atoms with E-state index in [0.717, 1.165) is 6.42 Å². The Morgan fingerprint density at radius 3 is 2.81 bits per heavy atom. The van der Waals surface area contributed by atoms with Crippen LogP contribution in [0.5, 0.6) is 0 Å². The molecule has 0 heterocycles. The topological polar surface area (TPSA) is 79.5 Å². The van der Waals surface area contributed by atoms with Gasteiger partial charge in [0.25, 0.3) is 5.91 Å². The zero-order chi connectivity index (χ0) is 15.5. The molecule has 6 nitrogen and oxygen atoms in total. The van der Waals surface area contributed by atoms with Crippen molar-refractivity contribution in [2.45, 2.75) is 13.3 Å². The van der Waals surface area contributed by atoms with Crippen molar-refractivity contribution in [2.75, 3.05) is 38.7 Å². The van der Waals surface area contributed by atoms with Gasteiger partial charge in [-0.3, -0.25) is 9.59 Å². The smallest absolute Gasteiger partial charge is 0.251 e. The molecule has 0 aliphatic rings. The van der Waals surface area contributed by atoms with Gasteiger partial charge in [0, 0.05) is 31.0 Å². The lowest BCUT2D eigenvalue weighted by molar-refractivity contribution is -0.115. The van der Waals surface area contributed by atoms with Gasteiger partial charge in [0.1, 0.15) is 0 Å². The molecule has 0 aliphatic heterocycles. The van der Waals surface area contributed by atoms with E-state index >= 15 is 0 Å². The van der Waals surface area contributed by atoms with Crippen LogP contribution in [0.2, 0.25) is 0 Å². The Morgan fingerprint density at radius 2 is 2.10 bits per heavy atom. The van der Waals surface area contributed by atoms with Gasteiger partial charge >= 0.3 is 0 Å². The predicted molar refractivity (Wildman–Crippen MR) is 82.4 cm³/mol. The number of benzene rings is 1. The Kier molecular flexibility index (Phi) is 8.08. The highest BCUT2D eigenvalue weighted by atomic mass is 16.5. The number of carbonyl (C=O) groups excluding carboxylic acids is 2. The molecule has 0 aromatic heterocycles. The number of hydrogen-bond donors (Lipinski definition) is 3. The molecular weight excluding hydrogens is 270 g/mol. The maximum absolute atomic E-state index is 12.0.